The van der Waals surface area contributed by atoms with Gasteiger partial charge in [0.25, 0.3) is 5.91 Å². The average Bonchev–Trinajstić information content (AvgIpc) is 2.72. The van der Waals surface area contributed by atoms with Gasteiger partial charge in [0.05, 0.1) is 31.6 Å². The molecular weight excluding hydrogens is 336 g/mol. The summed E-state index contributed by atoms with van der Waals surface area (Å²) in [7, 11) is 0. The van der Waals surface area contributed by atoms with Crippen LogP contribution in [0.5, 0.6) is 0 Å². The molecule has 0 bridgehead atoms. The molecule has 0 spiro atoms. The van der Waals surface area contributed by atoms with Crippen LogP contribution in [-0.2, 0) is 11.3 Å². The van der Waals surface area contributed by atoms with E-state index in [-0.39, 0.29) is 6.03 Å². The van der Waals surface area contributed by atoms with E-state index >= 15 is 0 Å². The standard InChI is InChI=1S/C18H20N4O4/c23-17(20-25)15-5-3-14(4-6-15)13-22(16-2-1-7-19-12-16)18(24)21-8-10-26-11-9-21/h1-7,12,25H,8-11,13H2,(H,20,23). The third-order valence-corrected chi connectivity index (χ3v) is 4.13. The number of nitrogens with zero attached hydrogens (tertiary/aromatic N) is 3. The van der Waals surface area contributed by atoms with Crippen LogP contribution in [0.3, 0.4) is 0 Å². The molecule has 1 aromatic carbocycles. The highest BCUT2D eigenvalue weighted by molar-refractivity contribution is 5.93. The maximum atomic E-state index is 13.0. The second kappa shape index (κ2) is 8.41. The van der Waals surface area contributed by atoms with Crippen LogP contribution in [0.1, 0.15) is 15.9 Å². The van der Waals surface area contributed by atoms with Crippen LogP contribution in [0, 0.1) is 0 Å². The topological polar surface area (TPSA) is 95.0 Å². The van der Waals surface area contributed by atoms with E-state index in [0.29, 0.717) is 44.1 Å². The second-order valence-corrected chi connectivity index (χ2v) is 5.82. The lowest BCUT2D eigenvalue weighted by atomic mass is 10.1. The van der Waals surface area contributed by atoms with Gasteiger partial charge < -0.3 is 9.64 Å². The fourth-order valence-corrected chi connectivity index (χ4v) is 2.72. The first-order chi connectivity index (χ1) is 12.7. The van der Waals surface area contributed by atoms with Crippen LogP contribution in [0.2, 0.25) is 0 Å². The van der Waals surface area contributed by atoms with Crippen molar-refractivity contribution in [2.24, 2.45) is 0 Å². The van der Waals surface area contributed by atoms with Crippen LogP contribution < -0.4 is 10.4 Å². The number of ether oxygens (including phenoxy) is 1. The minimum atomic E-state index is -0.579. The van der Waals surface area contributed by atoms with E-state index in [1.54, 1.807) is 58.0 Å². The van der Waals surface area contributed by atoms with Gasteiger partial charge in [-0.3, -0.25) is 19.9 Å². The van der Waals surface area contributed by atoms with Crippen molar-refractivity contribution in [3.8, 4) is 0 Å². The largest absolute Gasteiger partial charge is 0.378 e. The van der Waals surface area contributed by atoms with Crippen LogP contribution in [0.4, 0.5) is 10.5 Å². The van der Waals surface area contributed by atoms with Gasteiger partial charge >= 0.3 is 6.03 Å². The number of morpholine rings is 1. The fraction of sp³-hybridized carbons (Fsp3) is 0.278. The van der Waals surface area contributed by atoms with Crippen LogP contribution in [-0.4, -0.2) is 53.3 Å². The molecule has 2 aromatic rings. The number of rotatable bonds is 4. The zero-order valence-corrected chi connectivity index (χ0v) is 14.2. The molecular formula is C18H20N4O4. The summed E-state index contributed by atoms with van der Waals surface area (Å²) >= 11 is 0. The summed E-state index contributed by atoms with van der Waals surface area (Å²) in [4.78, 5) is 31.9. The lowest BCUT2D eigenvalue weighted by molar-refractivity contribution is 0.0548. The van der Waals surface area contributed by atoms with E-state index < -0.39 is 5.91 Å². The van der Waals surface area contributed by atoms with Crippen molar-refractivity contribution in [1.82, 2.24) is 15.4 Å². The molecule has 2 N–H and O–H groups in total. The number of anilines is 1. The van der Waals surface area contributed by atoms with Crippen LogP contribution in [0.25, 0.3) is 0 Å². The Morgan fingerprint density at radius 2 is 1.92 bits per heavy atom. The molecule has 0 unspecified atom stereocenters. The quantitative estimate of drug-likeness (QED) is 0.642. The zero-order chi connectivity index (χ0) is 18.4. The number of carbonyl (C=O) groups is 2. The number of carbonyl (C=O) groups excluding carboxylic acids is 2. The highest BCUT2D eigenvalue weighted by atomic mass is 16.5. The van der Waals surface area contributed by atoms with Gasteiger partial charge in [0.15, 0.2) is 0 Å². The van der Waals surface area contributed by atoms with Crippen molar-refractivity contribution < 1.29 is 19.5 Å². The minimum absolute atomic E-state index is 0.113. The molecule has 0 atom stereocenters. The first-order valence-corrected chi connectivity index (χ1v) is 8.26. The molecule has 0 aliphatic carbocycles. The van der Waals surface area contributed by atoms with Crippen molar-refractivity contribution >= 4 is 17.6 Å². The molecule has 1 aliphatic heterocycles. The summed E-state index contributed by atoms with van der Waals surface area (Å²) in [6, 6.07) is 10.2. The Bertz CT molecular complexity index is 746. The molecule has 8 nitrogen and oxygen atoms in total. The van der Waals surface area contributed by atoms with Gasteiger partial charge in [-0.1, -0.05) is 12.1 Å². The Balaban J connectivity index is 1.81. The van der Waals surface area contributed by atoms with Crippen molar-refractivity contribution in [3.05, 3.63) is 59.9 Å². The number of urea groups is 1. The average molecular weight is 356 g/mol. The van der Waals surface area contributed by atoms with Crippen molar-refractivity contribution in [1.29, 1.82) is 0 Å². The number of aromatic nitrogens is 1. The maximum Gasteiger partial charge on any atom is 0.325 e. The molecule has 2 heterocycles. The van der Waals surface area contributed by atoms with E-state index in [1.165, 1.54) is 0 Å². The number of amides is 3. The Labute approximate surface area is 151 Å². The van der Waals surface area contributed by atoms with E-state index in [4.69, 9.17) is 9.94 Å². The molecule has 136 valence electrons. The van der Waals surface area contributed by atoms with Gasteiger partial charge in [0.1, 0.15) is 0 Å². The number of hydrogen-bond donors (Lipinski definition) is 2. The van der Waals surface area contributed by atoms with Gasteiger partial charge in [-0.15, -0.1) is 0 Å². The number of hydrogen-bond acceptors (Lipinski definition) is 5. The summed E-state index contributed by atoms with van der Waals surface area (Å²) in [6.45, 7) is 2.48. The normalized spacial score (nSPS) is 14.0. The van der Waals surface area contributed by atoms with Gasteiger partial charge in [-0.2, -0.15) is 0 Å². The molecule has 3 amide bonds. The molecule has 26 heavy (non-hydrogen) atoms. The van der Waals surface area contributed by atoms with Gasteiger partial charge in [0.2, 0.25) is 0 Å². The smallest absolute Gasteiger partial charge is 0.325 e. The number of nitrogens with one attached hydrogen (secondary N) is 1. The molecule has 0 radical (unpaired) electrons. The molecule has 3 rings (SSSR count). The minimum Gasteiger partial charge on any atom is -0.378 e. The zero-order valence-electron chi connectivity index (χ0n) is 14.2. The van der Waals surface area contributed by atoms with E-state index in [1.807, 2.05) is 6.07 Å². The summed E-state index contributed by atoms with van der Waals surface area (Å²) in [6.07, 6.45) is 3.30. The second-order valence-electron chi connectivity index (χ2n) is 5.82. The molecule has 1 fully saturated rings. The van der Waals surface area contributed by atoms with E-state index in [0.717, 1.165) is 5.56 Å². The maximum absolute atomic E-state index is 13.0. The Morgan fingerprint density at radius 3 is 2.54 bits per heavy atom. The molecule has 1 aromatic heterocycles. The first-order valence-electron chi connectivity index (χ1n) is 8.26. The predicted octanol–water partition coefficient (Wildman–Crippen LogP) is 1.66. The van der Waals surface area contributed by atoms with Crippen LogP contribution in [0.15, 0.2) is 48.8 Å². The first kappa shape index (κ1) is 17.8. The summed E-state index contributed by atoms with van der Waals surface area (Å²) < 4.78 is 5.32. The molecule has 0 saturated carbocycles. The predicted molar refractivity (Wildman–Crippen MR) is 93.9 cm³/mol. The fourth-order valence-electron chi connectivity index (χ4n) is 2.72. The molecule has 1 aliphatic rings. The highest BCUT2D eigenvalue weighted by Crippen LogP contribution is 2.19. The van der Waals surface area contributed by atoms with Crippen molar-refractivity contribution in [3.63, 3.8) is 0 Å². The number of benzene rings is 1. The van der Waals surface area contributed by atoms with Crippen molar-refractivity contribution in [2.75, 3.05) is 31.2 Å². The SMILES string of the molecule is O=C(NO)c1ccc(CN(C(=O)N2CCOCC2)c2cccnc2)cc1. The summed E-state index contributed by atoms with van der Waals surface area (Å²) in [5, 5.41) is 8.69. The van der Waals surface area contributed by atoms with Crippen LogP contribution >= 0.6 is 0 Å². The molecule has 8 heteroatoms. The van der Waals surface area contributed by atoms with Gasteiger partial charge in [-0.25, -0.2) is 10.3 Å². The number of pyridine rings is 1. The summed E-state index contributed by atoms with van der Waals surface area (Å²) in [5.41, 5.74) is 3.48. The Hall–Kier alpha value is -2.97. The Morgan fingerprint density at radius 1 is 1.19 bits per heavy atom. The van der Waals surface area contributed by atoms with E-state index in [2.05, 4.69) is 4.98 Å². The Kier molecular flexibility index (Phi) is 5.77. The van der Waals surface area contributed by atoms with Gasteiger partial charge in [0, 0.05) is 24.8 Å². The van der Waals surface area contributed by atoms with Gasteiger partial charge in [-0.05, 0) is 29.8 Å². The summed E-state index contributed by atoms with van der Waals surface area (Å²) in [5.74, 6) is -0.579. The highest BCUT2D eigenvalue weighted by Gasteiger charge is 2.24. The molecule has 1 saturated heterocycles. The van der Waals surface area contributed by atoms with Crippen molar-refractivity contribution in [2.45, 2.75) is 6.54 Å². The monoisotopic (exact) mass is 356 g/mol. The third kappa shape index (κ3) is 4.16. The lowest BCUT2D eigenvalue weighted by Gasteiger charge is -2.33. The number of hydroxylamine groups is 1. The lowest BCUT2D eigenvalue weighted by Crippen LogP contribution is -2.48. The third-order valence-electron chi connectivity index (χ3n) is 4.13. The van der Waals surface area contributed by atoms with E-state index in [9.17, 15) is 9.59 Å².